The van der Waals surface area contributed by atoms with E-state index in [0.29, 0.717) is 12.5 Å². The molecular formula is C9H12N2O3. The van der Waals surface area contributed by atoms with E-state index < -0.39 is 5.97 Å². The van der Waals surface area contributed by atoms with E-state index in [-0.39, 0.29) is 5.69 Å². The maximum atomic E-state index is 10.4. The molecule has 0 unspecified atom stereocenters. The second-order valence-electron chi connectivity index (χ2n) is 2.75. The van der Waals surface area contributed by atoms with Crippen molar-refractivity contribution in [3.8, 4) is 5.88 Å². The smallest absolute Gasteiger partial charge is 0.356 e. The van der Waals surface area contributed by atoms with Gasteiger partial charge in [0.05, 0.1) is 19.0 Å². The topological polar surface area (TPSA) is 72.3 Å². The molecule has 0 spiro atoms. The van der Waals surface area contributed by atoms with Gasteiger partial charge in [-0.15, -0.1) is 0 Å². The number of rotatable bonds is 5. The first-order valence-corrected chi connectivity index (χ1v) is 4.42. The van der Waals surface area contributed by atoms with Gasteiger partial charge in [0, 0.05) is 0 Å². The van der Waals surface area contributed by atoms with Gasteiger partial charge in [0.15, 0.2) is 5.69 Å². The molecule has 0 amide bonds. The van der Waals surface area contributed by atoms with Crippen LogP contribution in [0.4, 0.5) is 0 Å². The zero-order valence-electron chi connectivity index (χ0n) is 7.93. The van der Waals surface area contributed by atoms with Crippen molar-refractivity contribution in [2.24, 2.45) is 0 Å². The lowest BCUT2D eigenvalue weighted by molar-refractivity contribution is 0.0690. The van der Waals surface area contributed by atoms with Crippen LogP contribution in [0.5, 0.6) is 5.88 Å². The summed E-state index contributed by atoms with van der Waals surface area (Å²) in [5.74, 6) is -0.721. The maximum Gasteiger partial charge on any atom is 0.356 e. The van der Waals surface area contributed by atoms with Crippen molar-refractivity contribution in [3.05, 3.63) is 18.1 Å². The second-order valence-corrected chi connectivity index (χ2v) is 2.75. The average Bonchev–Trinajstić information content (AvgIpc) is 2.19. The highest BCUT2D eigenvalue weighted by atomic mass is 16.5. The number of carboxylic acids is 1. The lowest BCUT2D eigenvalue weighted by atomic mass is 10.4. The summed E-state index contributed by atoms with van der Waals surface area (Å²) in [6.07, 6.45) is 4.49. The first-order chi connectivity index (χ1) is 6.74. The number of hydrogen-bond acceptors (Lipinski definition) is 4. The third-order valence-electron chi connectivity index (χ3n) is 1.60. The fourth-order valence-corrected chi connectivity index (χ4v) is 0.822. The average molecular weight is 196 g/mol. The summed E-state index contributed by atoms with van der Waals surface area (Å²) in [5, 5.41) is 8.55. The minimum atomic E-state index is -1.09. The highest BCUT2D eigenvalue weighted by molar-refractivity contribution is 5.84. The van der Waals surface area contributed by atoms with Crippen LogP contribution in [-0.2, 0) is 0 Å². The molecule has 0 bridgehead atoms. The van der Waals surface area contributed by atoms with Crippen LogP contribution in [0.2, 0.25) is 0 Å². The van der Waals surface area contributed by atoms with Crippen LogP contribution in [0.3, 0.4) is 0 Å². The molecule has 0 saturated heterocycles. The van der Waals surface area contributed by atoms with Gasteiger partial charge in [-0.05, 0) is 6.42 Å². The number of ether oxygens (including phenoxy) is 1. The Bertz CT molecular complexity index is 297. The van der Waals surface area contributed by atoms with Gasteiger partial charge in [0.2, 0.25) is 5.88 Å². The number of aromatic nitrogens is 2. The normalized spacial score (nSPS) is 9.79. The van der Waals surface area contributed by atoms with E-state index in [2.05, 4.69) is 16.9 Å². The van der Waals surface area contributed by atoms with Crippen molar-refractivity contribution in [1.82, 2.24) is 9.97 Å². The monoisotopic (exact) mass is 196 g/mol. The highest BCUT2D eigenvalue weighted by Crippen LogP contribution is 2.04. The van der Waals surface area contributed by atoms with Crippen molar-refractivity contribution in [2.75, 3.05) is 6.61 Å². The maximum absolute atomic E-state index is 10.4. The number of nitrogens with zero attached hydrogens (tertiary/aromatic N) is 2. The van der Waals surface area contributed by atoms with E-state index in [0.717, 1.165) is 12.8 Å². The van der Waals surface area contributed by atoms with E-state index in [1.807, 2.05) is 0 Å². The lowest BCUT2D eigenvalue weighted by Gasteiger charge is -2.02. The molecule has 0 aromatic carbocycles. The molecule has 0 fully saturated rings. The Labute approximate surface area is 81.8 Å². The van der Waals surface area contributed by atoms with Crippen molar-refractivity contribution in [2.45, 2.75) is 19.8 Å². The van der Waals surface area contributed by atoms with Gasteiger partial charge < -0.3 is 9.84 Å². The molecule has 0 radical (unpaired) electrons. The number of unbranched alkanes of at least 4 members (excludes halogenated alkanes) is 1. The SMILES string of the molecule is CCCCOc1cnc(C(=O)O)cn1. The minimum Gasteiger partial charge on any atom is -0.477 e. The zero-order chi connectivity index (χ0) is 10.4. The fourth-order valence-electron chi connectivity index (χ4n) is 0.822. The highest BCUT2D eigenvalue weighted by Gasteiger charge is 2.04. The first kappa shape index (κ1) is 10.4. The van der Waals surface area contributed by atoms with E-state index in [9.17, 15) is 4.79 Å². The summed E-state index contributed by atoms with van der Waals surface area (Å²) in [4.78, 5) is 17.9. The summed E-state index contributed by atoms with van der Waals surface area (Å²) < 4.78 is 5.21. The lowest BCUT2D eigenvalue weighted by Crippen LogP contribution is -2.03. The molecule has 5 heteroatoms. The van der Waals surface area contributed by atoms with E-state index in [1.165, 1.54) is 12.4 Å². The molecule has 1 aromatic heterocycles. The van der Waals surface area contributed by atoms with Gasteiger partial charge in [-0.3, -0.25) is 0 Å². The largest absolute Gasteiger partial charge is 0.477 e. The van der Waals surface area contributed by atoms with Crippen LogP contribution >= 0.6 is 0 Å². The Balaban J connectivity index is 2.51. The molecule has 5 nitrogen and oxygen atoms in total. The Hall–Kier alpha value is -1.65. The van der Waals surface area contributed by atoms with Gasteiger partial charge in [-0.25, -0.2) is 14.8 Å². The van der Waals surface area contributed by atoms with E-state index in [1.54, 1.807) is 0 Å². The molecule has 1 aromatic rings. The van der Waals surface area contributed by atoms with Crippen LogP contribution in [0.25, 0.3) is 0 Å². The fraction of sp³-hybridized carbons (Fsp3) is 0.444. The quantitative estimate of drug-likeness (QED) is 0.719. The summed E-state index contributed by atoms with van der Waals surface area (Å²) in [5.41, 5.74) is -0.0761. The molecular weight excluding hydrogens is 184 g/mol. The van der Waals surface area contributed by atoms with Gasteiger partial charge in [0.1, 0.15) is 0 Å². The minimum absolute atomic E-state index is 0.0761. The molecule has 1 N–H and O–H groups in total. The second kappa shape index (κ2) is 5.16. The van der Waals surface area contributed by atoms with Crippen LogP contribution in [-0.4, -0.2) is 27.7 Å². The molecule has 1 rings (SSSR count). The predicted molar refractivity (Wildman–Crippen MR) is 49.4 cm³/mol. The van der Waals surface area contributed by atoms with Gasteiger partial charge >= 0.3 is 5.97 Å². The molecule has 0 aliphatic rings. The van der Waals surface area contributed by atoms with Crippen molar-refractivity contribution >= 4 is 5.97 Å². The Morgan fingerprint density at radius 3 is 2.79 bits per heavy atom. The number of carboxylic acid groups (broad SMARTS) is 1. The Kier molecular flexibility index (Phi) is 3.84. The van der Waals surface area contributed by atoms with Crippen molar-refractivity contribution in [3.63, 3.8) is 0 Å². The van der Waals surface area contributed by atoms with E-state index >= 15 is 0 Å². The molecule has 1 heterocycles. The Morgan fingerprint density at radius 1 is 1.50 bits per heavy atom. The molecule has 0 aliphatic carbocycles. The molecule has 0 saturated carbocycles. The number of hydrogen-bond donors (Lipinski definition) is 1. The Morgan fingerprint density at radius 2 is 2.29 bits per heavy atom. The summed E-state index contributed by atoms with van der Waals surface area (Å²) in [6.45, 7) is 2.64. The summed E-state index contributed by atoms with van der Waals surface area (Å²) in [7, 11) is 0. The summed E-state index contributed by atoms with van der Waals surface area (Å²) in [6, 6.07) is 0. The predicted octanol–water partition coefficient (Wildman–Crippen LogP) is 1.35. The van der Waals surface area contributed by atoms with Crippen LogP contribution < -0.4 is 4.74 Å². The van der Waals surface area contributed by atoms with Gasteiger partial charge in [-0.2, -0.15) is 0 Å². The van der Waals surface area contributed by atoms with Gasteiger partial charge in [0.25, 0.3) is 0 Å². The van der Waals surface area contributed by atoms with Crippen LogP contribution in [0.1, 0.15) is 30.3 Å². The van der Waals surface area contributed by atoms with Gasteiger partial charge in [-0.1, -0.05) is 13.3 Å². The molecule has 14 heavy (non-hydrogen) atoms. The van der Waals surface area contributed by atoms with Crippen molar-refractivity contribution in [1.29, 1.82) is 0 Å². The zero-order valence-corrected chi connectivity index (χ0v) is 7.93. The third kappa shape index (κ3) is 3.01. The van der Waals surface area contributed by atoms with Crippen LogP contribution in [0.15, 0.2) is 12.4 Å². The third-order valence-corrected chi connectivity index (χ3v) is 1.60. The van der Waals surface area contributed by atoms with Crippen molar-refractivity contribution < 1.29 is 14.6 Å². The van der Waals surface area contributed by atoms with E-state index in [4.69, 9.17) is 9.84 Å². The number of carbonyl (C=O) groups is 1. The summed E-state index contributed by atoms with van der Waals surface area (Å²) >= 11 is 0. The number of aromatic carboxylic acids is 1. The molecule has 0 atom stereocenters. The molecule has 0 aliphatic heterocycles. The van der Waals surface area contributed by atoms with Crippen LogP contribution in [0, 0.1) is 0 Å². The first-order valence-electron chi connectivity index (χ1n) is 4.42. The standard InChI is InChI=1S/C9H12N2O3/c1-2-3-4-14-8-6-10-7(5-11-8)9(12)13/h5-6H,2-4H2,1H3,(H,12,13). The molecule has 76 valence electrons.